The third-order valence-corrected chi connectivity index (χ3v) is 2.96. The second kappa shape index (κ2) is 6.90. The van der Waals surface area contributed by atoms with Gasteiger partial charge in [-0.1, -0.05) is 0 Å². The van der Waals surface area contributed by atoms with Crippen molar-refractivity contribution in [3.63, 3.8) is 0 Å². The molecule has 8 heteroatoms. The molecule has 0 saturated heterocycles. The van der Waals surface area contributed by atoms with Crippen LogP contribution in [-0.2, 0) is 4.74 Å². The maximum Gasteiger partial charge on any atom is 0.244 e. The zero-order chi connectivity index (χ0) is 15.2. The molecule has 0 unspecified atom stereocenters. The number of rotatable bonds is 6. The normalized spacial score (nSPS) is 12.8. The fourth-order valence-corrected chi connectivity index (χ4v) is 1.97. The summed E-state index contributed by atoms with van der Waals surface area (Å²) in [6.07, 6.45) is 1.55. The van der Waals surface area contributed by atoms with Gasteiger partial charge in [0, 0.05) is 25.4 Å². The molecule has 116 valence electrons. The van der Waals surface area contributed by atoms with Crippen LogP contribution in [0.3, 0.4) is 0 Å². The highest BCUT2D eigenvalue weighted by atomic mass is 16.6. The zero-order valence-electron chi connectivity index (χ0n) is 12.2. The summed E-state index contributed by atoms with van der Waals surface area (Å²) >= 11 is 0. The zero-order valence-corrected chi connectivity index (χ0v) is 12.2. The first kappa shape index (κ1) is 14.3. The van der Waals surface area contributed by atoms with Crippen molar-refractivity contribution in [2.24, 2.45) is 0 Å². The summed E-state index contributed by atoms with van der Waals surface area (Å²) in [7, 11) is 1.64. The van der Waals surface area contributed by atoms with Gasteiger partial charge in [0.2, 0.25) is 5.95 Å². The summed E-state index contributed by atoms with van der Waals surface area (Å²) in [5, 5.41) is 14.0. The number of methoxy groups -OCH3 is 1. The molecule has 2 N–H and O–H groups in total. The van der Waals surface area contributed by atoms with Gasteiger partial charge in [0.1, 0.15) is 13.2 Å². The number of nitrogens with one attached hydrogen (secondary N) is 2. The molecule has 2 aromatic rings. The fraction of sp³-hybridized carbons (Fsp3) is 0.357. The van der Waals surface area contributed by atoms with E-state index in [1.165, 1.54) is 0 Å². The van der Waals surface area contributed by atoms with Crippen molar-refractivity contribution >= 4 is 17.5 Å². The van der Waals surface area contributed by atoms with E-state index < -0.39 is 0 Å². The van der Waals surface area contributed by atoms with Gasteiger partial charge in [-0.05, 0) is 12.1 Å². The maximum absolute atomic E-state index is 5.55. The van der Waals surface area contributed by atoms with E-state index in [0.29, 0.717) is 38.1 Å². The Morgan fingerprint density at radius 2 is 2.09 bits per heavy atom. The van der Waals surface area contributed by atoms with E-state index in [2.05, 4.69) is 25.8 Å². The van der Waals surface area contributed by atoms with E-state index in [9.17, 15) is 0 Å². The first-order valence-corrected chi connectivity index (χ1v) is 6.94. The van der Waals surface area contributed by atoms with E-state index >= 15 is 0 Å². The Bertz CT molecular complexity index is 638. The maximum atomic E-state index is 5.55. The lowest BCUT2D eigenvalue weighted by Crippen LogP contribution is -2.15. The molecule has 0 bridgehead atoms. The van der Waals surface area contributed by atoms with Gasteiger partial charge in [0.15, 0.2) is 17.3 Å². The quantitative estimate of drug-likeness (QED) is 0.775. The summed E-state index contributed by atoms with van der Waals surface area (Å²) in [6, 6.07) is 5.63. The van der Waals surface area contributed by atoms with E-state index in [1.54, 1.807) is 13.3 Å². The molecular formula is C14H17N5O3. The molecule has 0 atom stereocenters. The van der Waals surface area contributed by atoms with E-state index in [1.807, 2.05) is 18.2 Å². The summed E-state index contributed by atoms with van der Waals surface area (Å²) in [6.45, 7) is 2.32. The van der Waals surface area contributed by atoms with Crippen LogP contribution in [0.5, 0.6) is 11.5 Å². The molecule has 1 aliphatic heterocycles. The molecular weight excluding hydrogens is 286 g/mol. The highest BCUT2D eigenvalue weighted by Gasteiger charge is 2.12. The molecule has 8 nitrogen and oxygen atoms in total. The molecule has 0 saturated carbocycles. The molecule has 1 aromatic heterocycles. The second-order valence-corrected chi connectivity index (χ2v) is 4.57. The molecule has 3 rings (SSSR count). The van der Waals surface area contributed by atoms with Crippen LogP contribution < -0.4 is 20.1 Å². The van der Waals surface area contributed by atoms with Gasteiger partial charge in [-0.3, -0.25) is 0 Å². The summed E-state index contributed by atoms with van der Waals surface area (Å²) in [5.41, 5.74) is 0.840. The number of nitrogens with zero attached hydrogens (tertiary/aromatic N) is 3. The highest BCUT2D eigenvalue weighted by Crippen LogP contribution is 2.33. The standard InChI is InChI=1S/C14H17N5O3/c1-20-5-4-15-14-18-13(9-16-19-14)17-10-2-3-11-12(8-10)22-7-6-21-11/h2-3,8-9H,4-7H2,1H3,(H2,15,17,18,19). The molecule has 0 fully saturated rings. The molecule has 22 heavy (non-hydrogen) atoms. The van der Waals surface area contributed by atoms with Crippen molar-refractivity contribution in [3.8, 4) is 11.5 Å². The SMILES string of the molecule is COCCNc1nncc(Nc2ccc3c(c2)OCCO3)n1. The molecule has 0 spiro atoms. The van der Waals surface area contributed by atoms with Crippen molar-refractivity contribution in [2.75, 3.05) is 44.1 Å². The Morgan fingerprint density at radius 3 is 2.95 bits per heavy atom. The number of hydrogen-bond acceptors (Lipinski definition) is 8. The van der Waals surface area contributed by atoms with Crippen LogP contribution in [0, 0.1) is 0 Å². The van der Waals surface area contributed by atoms with Gasteiger partial charge in [0.05, 0.1) is 12.8 Å². The van der Waals surface area contributed by atoms with Crippen molar-refractivity contribution in [2.45, 2.75) is 0 Å². The molecule has 0 aliphatic carbocycles. The van der Waals surface area contributed by atoms with Crippen LogP contribution in [0.4, 0.5) is 17.5 Å². The van der Waals surface area contributed by atoms with Crippen LogP contribution in [0.1, 0.15) is 0 Å². The van der Waals surface area contributed by atoms with Gasteiger partial charge in [-0.2, -0.15) is 10.1 Å². The Hall–Kier alpha value is -2.61. The van der Waals surface area contributed by atoms with Gasteiger partial charge >= 0.3 is 0 Å². The number of hydrogen-bond donors (Lipinski definition) is 2. The first-order valence-electron chi connectivity index (χ1n) is 6.94. The average Bonchev–Trinajstić information content (AvgIpc) is 2.55. The molecule has 2 heterocycles. The van der Waals surface area contributed by atoms with Crippen molar-refractivity contribution in [1.29, 1.82) is 0 Å². The van der Waals surface area contributed by atoms with Crippen molar-refractivity contribution in [3.05, 3.63) is 24.4 Å². The van der Waals surface area contributed by atoms with Gasteiger partial charge in [-0.15, -0.1) is 5.10 Å². The number of fused-ring (bicyclic) bond motifs is 1. The van der Waals surface area contributed by atoms with Crippen molar-refractivity contribution in [1.82, 2.24) is 15.2 Å². The number of anilines is 3. The lowest BCUT2D eigenvalue weighted by molar-refractivity contribution is 0.171. The first-order chi connectivity index (χ1) is 10.8. The fourth-order valence-electron chi connectivity index (χ4n) is 1.97. The molecule has 1 aromatic carbocycles. The second-order valence-electron chi connectivity index (χ2n) is 4.57. The van der Waals surface area contributed by atoms with Crippen LogP contribution in [0.25, 0.3) is 0 Å². The van der Waals surface area contributed by atoms with Gasteiger partial charge in [0.25, 0.3) is 0 Å². The predicted octanol–water partition coefficient (Wildman–Crippen LogP) is 1.44. The minimum Gasteiger partial charge on any atom is -0.486 e. The highest BCUT2D eigenvalue weighted by molar-refractivity contribution is 5.61. The Labute approximate surface area is 127 Å². The average molecular weight is 303 g/mol. The Morgan fingerprint density at radius 1 is 1.23 bits per heavy atom. The van der Waals surface area contributed by atoms with Gasteiger partial charge < -0.3 is 24.8 Å². The molecule has 0 amide bonds. The topological polar surface area (TPSA) is 90.4 Å². The summed E-state index contributed by atoms with van der Waals surface area (Å²) in [5.74, 6) is 2.50. The van der Waals surface area contributed by atoms with Crippen LogP contribution in [-0.4, -0.2) is 48.7 Å². The number of aromatic nitrogens is 3. The lowest BCUT2D eigenvalue weighted by Gasteiger charge is -2.19. The third kappa shape index (κ3) is 3.53. The van der Waals surface area contributed by atoms with E-state index in [-0.39, 0.29) is 0 Å². The summed E-state index contributed by atoms with van der Waals surface area (Å²) < 4.78 is 16.0. The third-order valence-electron chi connectivity index (χ3n) is 2.96. The van der Waals surface area contributed by atoms with Crippen molar-refractivity contribution < 1.29 is 14.2 Å². The Kier molecular flexibility index (Phi) is 4.50. The Balaban J connectivity index is 1.68. The van der Waals surface area contributed by atoms with Crippen LogP contribution >= 0.6 is 0 Å². The lowest BCUT2D eigenvalue weighted by atomic mass is 10.2. The molecule has 1 aliphatic rings. The monoisotopic (exact) mass is 303 g/mol. The van der Waals surface area contributed by atoms with E-state index in [4.69, 9.17) is 14.2 Å². The van der Waals surface area contributed by atoms with Crippen LogP contribution in [0.2, 0.25) is 0 Å². The molecule has 0 radical (unpaired) electrons. The minimum absolute atomic E-state index is 0.444. The number of ether oxygens (including phenoxy) is 3. The minimum atomic E-state index is 0.444. The smallest absolute Gasteiger partial charge is 0.244 e. The summed E-state index contributed by atoms with van der Waals surface area (Å²) in [4.78, 5) is 4.33. The number of benzene rings is 1. The van der Waals surface area contributed by atoms with E-state index in [0.717, 1.165) is 17.2 Å². The van der Waals surface area contributed by atoms with Gasteiger partial charge in [-0.25, -0.2) is 0 Å². The predicted molar refractivity (Wildman–Crippen MR) is 80.9 cm³/mol. The largest absolute Gasteiger partial charge is 0.486 e. The van der Waals surface area contributed by atoms with Crippen LogP contribution in [0.15, 0.2) is 24.4 Å².